The van der Waals surface area contributed by atoms with Crippen LogP contribution in [0.3, 0.4) is 0 Å². The highest BCUT2D eigenvalue weighted by molar-refractivity contribution is 5.94. The molecular formula is C22H31N5O5. The van der Waals surface area contributed by atoms with Gasteiger partial charge in [0, 0.05) is 24.1 Å². The van der Waals surface area contributed by atoms with Crippen LogP contribution in [0.1, 0.15) is 57.3 Å². The Balaban J connectivity index is 1.69. The van der Waals surface area contributed by atoms with Crippen LogP contribution in [0.5, 0.6) is 0 Å². The van der Waals surface area contributed by atoms with Crippen LogP contribution >= 0.6 is 0 Å². The van der Waals surface area contributed by atoms with Gasteiger partial charge in [0.2, 0.25) is 5.82 Å². The molecule has 0 saturated carbocycles. The number of aliphatic carboxylic acids is 1. The SMILES string of the molecule is CC(C)(CCOC(C)(C)CCC(=O)O)OCCNC(=O)c1ccc(-c2nncnn2)cc1. The second-order valence-electron chi connectivity index (χ2n) is 8.56. The summed E-state index contributed by atoms with van der Waals surface area (Å²) in [7, 11) is 0. The van der Waals surface area contributed by atoms with E-state index in [4.69, 9.17) is 14.6 Å². The van der Waals surface area contributed by atoms with E-state index in [0.29, 0.717) is 44.0 Å². The molecule has 2 aromatic rings. The van der Waals surface area contributed by atoms with Gasteiger partial charge in [0.15, 0.2) is 6.33 Å². The third-order valence-corrected chi connectivity index (χ3v) is 4.83. The van der Waals surface area contributed by atoms with Crippen LogP contribution in [-0.4, -0.2) is 68.3 Å². The summed E-state index contributed by atoms with van der Waals surface area (Å²) in [5.74, 6) is -0.640. The maximum atomic E-state index is 12.3. The van der Waals surface area contributed by atoms with E-state index in [1.54, 1.807) is 24.3 Å². The molecule has 10 nitrogen and oxygen atoms in total. The summed E-state index contributed by atoms with van der Waals surface area (Å²) in [6, 6.07) is 6.86. The van der Waals surface area contributed by atoms with Crippen LogP contribution in [-0.2, 0) is 14.3 Å². The molecule has 2 N–H and O–H groups in total. The fourth-order valence-electron chi connectivity index (χ4n) is 2.81. The maximum Gasteiger partial charge on any atom is 0.303 e. The minimum absolute atomic E-state index is 0.0732. The fourth-order valence-corrected chi connectivity index (χ4v) is 2.81. The van der Waals surface area contributed by atoms with E-state index >= 15 is 0 Å². The quantitative estimate of drug-likeness (QED) is 0.446. The predicted octanol–water partition coefficient (Wildman–Crippen LogP) is 2.51. The Bertz CT molecular complexity index is 872. The van der Waals surface area contributed by atoms with E-state index in [0.717, 1.165) is 5.56 Å². The van der Waals surface area contributed by atoms with Crippen molar-refractivity contribution in [2.45, 2.75) is 58.2 Å². The van der Waals surface area contributed by atoms with Crippen LogP contribution in [0, 0.1) is 0 Å². The summed E-state index contributed by atoms with van der Waals surface area (Å²) in [6.45, 7) is 8.85. The first-order valence-electron chi connectivity index (χ1n) is 10.5. The molecule has 0 aliphatic carbocycles. The van der Waals surface area contributed by atoms with Gasteiger partial charge < -0.3 is 19.9 Å². The molecule has 0 radical (unpaired) electrons. The largest absolute Gasteiger partial charge is 0.481 e. The number of nitrogens with zero attached hydrogens (tertiary/aromatic N) is 4. The summed E-state index contributed by atoms with van der Waals surface area (Å²) in [6.07, 6.45) is 2.42. The molecule has 10 heteroatoms. The normalized spacial score (nSPS) is 11.9. The molecule has 2 rings (SSSR count). The minimum atomic E-state index is -0.830. The van der Waals surface area contributed by atoms with Gasteiger partial charge in [-0.3, -0.25) is 9.59 Å². The van der Waals surface area contributed by atoms with Crippen molar-refractivity contribution in [3.63, 3.8) is 0 Å². The van der Waals surface area contributed by atoms with Gasteiger partial charge in [-0.1, -0.05) is 12.1 Å². The Hall–Kier alpha value is -2.98. The lowest BCUT2D eigenvalue weighted by atomic mass is 10.0. The van der Waals surface area contributed by atoms with Gasteiger partial charge in [0.05, 0.1) is 24.4 Å². The molecule has 0 unspecified atom stereocenters. The third-order valence-electron chi connectivity index (χ3n) is 4.83. The summed E-state index contributed by atoms with van der Waals surface area (Å²) in [5, 5.41) is 26.8. The molecule has 0 fully saturated rings. The van der Waals surface area contributed by atoms with E-state index in [1.165, 1.54) is 6.33 Å². The summed E-state index contributed by atoms with van der Waals surface area (Å²) in [5.41, 5.74) is 0.299. The number of benzene rings is 1. The number of ether oxygens (including phenoxy) is 2. The Morgan fingerprint density at radius 1 is 0.938 bits per heavy atom. The summed E-state index contributed by atoms with van der Waals surface area (Å²) in [4.78, 5) is 23.0. The molecule has 0 spiro atoms. The van der Waals surface area contributed by atoms with Gasteiger partial charge in [0.25, 0.3) is 5.91 Å². The smallest absolute Gasteiger partial charge is 0.303 e. The average molecular weight is 446 g/mol. The van der Waals surface area contributed by atoms with E-state index in [9.17, 15) is 9.59 Å². The van der Waals surface area contributed by atoms with Crippen molar-refractivity contribution in [1.82, 2.24) is 25.7 Å². The van der Waals surface area contributed by atoms with Gasteiger partial charge in [-0.2, -0.15) is 0 Å². The van der Waals surface area contributed by atoms with Crippen molar-refractivity contribution in [3.05, 3.63) is 36.2 Å². The van der Waals surface area contributed by atoms with E-state index in [1.807, 2.05) is 27.7 Å². The lowest BCUT2D eigenvalue weighted by Gasteiger charge is -2.29. The molecule has 1 heterocycles. The van der Waals surface area contributed by atoms with Crippen LogP contribution in [0.4, 0.5) is 0 Å². The number of carboxylic acids is 1. The molecule has 1 aromatic carbocycles. The molecule has 0 atom stereocenters. The molecular weight excluding hydrogens is 414 g/mol. The number of hydrogen-bond acceptors (Lipinski definition) is 8. The van der Waals surface area contributed by atoms with Crippen LogP contribution in [0.2, 0.25) is 0 Å². The molecule has 0 saturated heterocycles. The highest BCUT2D eigenvalue weighted by Crippen LogP contribution is 2.20. The summed E-state index contributed by atoms with van der Waals surface area (Å²) >= 11 is 0. The molecule has 1 aromatic heterocycles. The standard InChI is InChI=1S/C22H31N5O5/c1-21(2,10-9-18(28)29)31-13-11-22(3,4)32-14-12-23-20(30)17-7-5-16(6-8-17)19-26-24-15-25-27-19/h5-8,15H,9-14H2,1-4H3,(H,23,30)(H,28,29). The molecule has 0 bridgehead atoms. The van der Waals surface area contributed by atoms with Gasteiger partial charge >= 0.3 is 5.97 Å². The van der Waals surface area contributed by atoms with Crippen LogP contribution < -0.4 is 5.32 Å². The molecule has 1 amide bonds. The number of amides is 1. The topological polar surface area (TPSA) is 136 Å². The van der Waals surface area contributed by atoms with Gasteiger partial charge in [-0.15, -0.1) is 20.4 Å². The highest BCUT2D eigenvalue weighted by Gasteiger charge is 2.23. The van der Waals surface area contributed by atoms with Crippen molar-refractivity contribution in [2.75, 3.05) is 19.8 Å². The Labute approximate surface area is 187 Å². The van der Waals surface area contributed by atoms with Gasteiger partial charge in [0.1, 0.15) is 0 Å². The Morgan fingerprint density at radius 3 is 2.16 bits per heavy atom. The molecule has 0 aliphatic rings. The zero-order chi connectivity index (χ0) is 23.6. The first kappa shape index (κ1) is 25.3. The first-order valence-corrected chi connectivity index (χ1v) is 10.5. The Morgan fingerprint density at radius 2 is 1.53 bits per heavy atom. The third kappa shape index (κ3) is 9.03. The van der Waals surface area contributed by atoms with E-state index < -0.39 is 17.2 Å². The van der Waals surface area contributed by atoms with Crippen molar-refractivity contribution in [1.29, 1.82) is 0 Å². The number of carbonyl (C=O) groups excluding carboxylic acids is 1. The number of nitrogens with one attached hydrogen (secondary N) is 1. The van der Waals surface area contributed by atoms with Crippen molar-refractivity contribution in [2.24, 2.45) is 0 Å². The zero-order valence-electron chi connectivity index (χ0n) is 19.0. The second-order valence-corrected chi connectivity index (χ2v) is 8.56. The van der Waals surface area contributed by atoms with Crippen LogP contribution in [0.15, 0.2) is 30.6 Å². The summed E-state index contributed by atoms with van der Waals surface area (Å²) < 4.78 is 11.7. The second kappa shape index (κ2) is 11.6. The van der Waals surface area contributed by atoms with Crippen molar-refractivity contribution in [3.8, 4) is 11.4 Å². The average Bonchev–Trinajstić information content (AvgIpc) is 2.76. The van der Waals surface area contributed by atoms with Gasteiger partial charge in [-0.05, 0) is 52.7 Å². The maximum absolute atomic E-state index is 12.3. The Kier molecular flexibility index (Phi) is 9.15. The molecule has 0 aliphatic heterocycles. The number of carbonyl (C=O) groups is 2. The number of rotatable bonds is 13. The zero-order valence-corrected chi connectivity index (χ0v) is 19.0. The number of aromatic nitrogens is 4. The van der Waals surface area contributed by atoms with E-state index in [-0.39, 0.29) is 12.3 Å². The van der Waals surface area contributed by atoms with E-state index in [2.05, 4.69) is 25.7 Å². The number of carboxylic acid groups (broad SMARTS) is 1. The van der Waals surface area contributed by atoms with Crippen molar-refractivity contribution < 1.29 is 24.2 Å². The van der Waals surface area contributed by atoms with Crippen LogP contribution in [0.25, 0.3) is 11.4 Å². The molecule has 32 heavy (non-hydrogen) atoms. The lowest BCUT2D eigenvalue weighted by Crippen LogP contribution is -2.34. The fraction of sp³-hybridized carbons (Fsp3) is 0.545. The molecule has 174 valence electrons. The number of hydrogen-bond donors (Lipinski definition) is 2. The minimum Gasteiger partial charge on any atom is -0.481 e. The highest BCUT2D eigenvalue weighted by atomic mass is 16.5. The van der Waals surface area contributed by atoms with Gasteiger partial charge in [-0.25, -0.2) is 0 Å². The monoisotopic (exact) mass is 445 g/mol. The predicted molar refractivity (Wildman–Crippen MR) is 117 cm³/mol. The van der Waals surface area contributed by atoms with Crippen molar-refractivity contribution >= 4 is 11.9 Å². The first-order chi connectivity index (χ1) is 15.1. The lowest BCUT2D eigenvalue weighted by molar-refractivity contribution is -0.139.